The maximum atomic E-state index is 11.6. The maximum absolute atomic E-state index is 11.6. The quantitative estimate of drug-likeness (QED) is 0.598. The van der Waals surface area contributed by atoms with Gasteiger partial charge in [0, 0.05) is 20.2 Å². The van der Waals surface area contributed by atoms with Crippen molar-refractivity contribution in [2.24, 2.45) is 0 Å². The van der Waals surface area contributed by atoms with Crippen LogP contribution in [0.3, 0.4) is 0 Å². The van der Waals surface area contributed by atoms with Crippen LogP contribution in [0.1, 0.15) is 0 Å². The SMILES string of the molecule is COC1CN(S(=O)(=O)C2COC2)C1. The number of sulfonamides is 1. The molecule has 0 N–H and O–H groups in total. The van der Waals surface area contributed by atoms with Gasteiger partial charge in [0.25, 0.3) is 0 Å². The molecule has 0 spiro atoms. The molecule has 0 bridgehead atoms. The van der Waals surface area contributed by atoms with Gasteiger partial charge in [-0.25, -0.2) is 8.42 Å². The fourth-order valence-corrected chi connectivity index (χ4v) is 3.06. The second kappa shape index (κ2) is 3.20. The third-order valence-electron chi connectivity index (χ3n) is 2.54. The van der Waals surface area contributed by atoms with Crippen molar-refractivity contribution in [3.63, 3.8) is 0 Å². The monoisotopic (exact) mass is 207 g/mol. The van der Waals surface area contributed by atoms with Crippen LogP contribution in [-0.4, -0.2) is 57.5 Å². The number of methoxy groups -OCH3 is 1. The summed E-state index contributed by atoms with van der Waals surface area (Å²) < 4.78 is 34.6. The van der Waals surface area contributed by atoms with Crippen LogP contribution in [0.25, 0.3) is 0 Å². The number of nitrogens with zero attached hydrogens (tertiary/aromatic N) is 1. The number of hydrogen-bond donors (Lipinski definition) is 0. The van der Waals surface area contributed by atoms with Crippen LogP contribution in [0.2, 0.25) is 0 Å². The molecule has 0 radical (unpaired) electrons. The maximum Gasteiger partial charge on any atom is 0.221 e. The van der Waals surface area contributed by atoms with Gasteiger partial charge in [-0.05, 0) is 0 Å². The molecule has 0 aromatic heterocycles. The van der Waals surface area contributed by atoms with E-state index in [2.05, 4.69) is 0 Å². The van der Waals surface area contributed by atoms with Crippen molar-refractivity contribution in [2.75, 3.05) is 33.4 Å². The molecule has 2 saturated heterocycles. The summed E-state index contributed by atoms with van der Waals surface area (Å²) in [5, 5.41) is -0.315. The van der Waals surface area contributed by atoms with Gasteiger partial charge < -0.3 is 9.47 Å². The summed E-state index contributed by atoms with van der Waals surface area (Å²) in [6, 6.07) is 0. The van der Waals surface area contributed by atoms with Crippen molar-refractivity contribution in [1.29, 1.82) is 0 Å². The average molecular weight is 207 g/mol. The van der Waals surface area contributed by atoms with Gasteiger partial charge in [-0.3, -0.25) is 0 Å². The molecule has 2 aliphatic rings. The Morgan fingerprint density at radius 2 is 2.00 bits per heavy atom. The van der Waals surface area contributed by atoms with Gasteiger partial charge in [0.05, 0.1) is 19.3 Å². The lowest BCUT2D eigenvalue weighted by molar-refractivity contribution is 0.00353. The summed E-state index contributed by atoms with van der Waals surface area (Å²) in [5.74, 6) is 0. The van der Waals surface area contributed by atoms with Crippen LogP contribution in [0.4, 0.5) is 0 Å². The first-order chi connectivity index (χ1) is 6.14. The van der Waals surface area contributed by atoms with Crippen LogP contribution in [-0.2, 0) is 19.5 Å². The highest BCUT2D eigenvalue weighted by molar-refractivity contribution is 7.89. The smallest absolute Gasteiger partial charge is 0.221 e. The molecule has 2 aliphatic heterocycles. The van der Waals surface area contributed by atoms with Gasteiger partial charge in [-0.2, -0.15) is 4.31 Å². The van der Waals surface area contributed by atoms with Crippen molar-refractivity contribution < 1.29 is 17.9 Å². The van der Waals surface area contributed by atoms with E-state index in [9.17, 15) is 8.42 Å². The molecule has 5 nitrogen and oxygen atoms in total. The minimum atomic E-state index is -3.08. The first kappa shape index (κ1) is 9.39. The standard InChI is InChI=1S/C7H13NO4S/c1-11-6-2-8(3-6)13(9,10)7-4-12-5-7/h6-7H,2-5H2,1H3. The van der Waals surface area contributed by atoms with E-state index in [0.717, 1.165) is 0 Å². The molecular formula is C7H13NO4S. The summed E-state index contributed by atoms with van der Waals surface area (Å²) in [7, 11) is -1.48. The van der Waals surface area contributed by atoms with E-state index in [1.165, 1.54) is 4.31 Å². The molecule has 76 valence electrons. The zero-order valence-corrected chi connectivity index (χ0v) is 8.29. The van der Waals surface area contributed by atoms with Crippen LogP contribution < -0.4 is 0 Å². The molecular weight excluding hydrogens is 194 g/mol. The first-order valence-electron chi connectivity index (χ1n) is 4.24. The Hall–Kier alpha value is -0.170. The zero-order chi connectivity index (χ0) is 9.47. The Bertz CT molecular complexity index is 279. The van der Waals surface area contributed by atoms with Gasteiger partial charge in [0.2, 0.25) is 10.0 Å². The van der Waals surface area contributed by atoms with Crippen LogP contribution in [0, 0.1) is 0 Å². The second-order valence-corrected chi connectivity index (χ2v) is 5.59. The van der Waals surface area contributed by atoms with E-state index < -0.39 is 10.0 Å². The summed E-state index contributed by atoms with van der Waals surface area (Å²) in [5.41, 5.74) is 0. The van der Waals surface area contributed by atoms with Gasteiger partial charge in [-0.1, -0.05) is 0 Å². The lowest BCUT2D eigenvalue weighted by Crippen LogP contribution is -2.59. The summed E-state index contributed by atoms with van der Waals surface area (Å²) >= 11 is 0. The largest absolute Gasteiger partial charge is 0.379 e. The Morgan fingerprint density at radius 3 is 2.38 bits per heavy atom. The molecule has 2 heterocycles. The highest BCUT2D eigenvalue weighted by Crippen LogP contribution is 2.22. The van der Waals surface area contributed by atoms with E-state index in [4.69, 9.17) is 9.47 Å². The van der Waals surface area contributed by atoms with E-state index in [0.29, 0.717) is 26.3 Å². The minimum Gasteiger partial charge on any atom is -0.379 e. The van der Waals surface area contributed by atoms with E-state index in [-0.39, 0.29) is 11.4 Å². The lowest BCUT2D eigenvalue weighted by atomic mass is 10.2. The average Bonchev–Trinajstić information content (AvgIpc) is 1.77. The van der Waals surface area contributed by atoms with Gasteiger partial charge in [0.15, 0.2) is 0 Å². The highest BCUT2D eigenvalue weighted by Gasteiger charge is 2.43. The topological polar surface area (TPSA) is 55.8 Å². The summed E-state index contributed by atoms with van der Waals surface area (Å²) in [6.07, 6.45) is 0.0794. The molecule has 0 amide bonds. The fourth-order valence-electron chi connectivity index (χ4n) is 1.35. The third-order valence-corrected chi connectivity index (χ3v) is 4.67. The minimum absolute atomic E-state index is 0.0794. The molecule has 0 aromatic carbocycles. The van der Waals surface area contributed by atoms with E-state index in [1.807, 2.05) is 0 Å². The molecule has 2 fully saturated rings. The molecule has 6 heteroatoms. The summed E-state index contributed by atoms with van der Waals surface area (Å²) in [6.45, 7) is 1.68. The van der Waals surface area contributed by atoms with Gasteiger partial charge in [-0.15, -0.1) is 0 Å². The normalized spacial score (nSPS) is 26.8. The van der Waals surface area contributed by atoms with E-state index in [1.54, 1.807) is 7.11 Å². The highest BCUT2D eigenvalue weighted by atomic mass is 32.2. The van der Waals surface area contributed by atoms with Crippen molar-refractivity contribution in [2.45, 2.75) is 11.4 Å². The van der Waals surface area contributed by atoms with Crippen molar-refractivity contribution in [3.8, 4) is 0 Å². The third kappa shape index (κ3) is 1.48. The van der Waals surface area contributed by atoms with Crippen molar-refractivity contribution in [3.05, 3.63) is 0 Å². The Balaban J connectivity index is 1.94. The molecule has 2 rings (SSSR count). The Morgan fingerprint density at radius 1 is 1.38 bits per heavy atom. The second-order valence-electron chi connectivity index (χ2n) is 3.38. The molecule has 13 heavy (non-hydrogen) atoms. The molecule has 0 aliphatic carbocycles. The Kier molecular flexibility index (Phi) is 2.31. The van der Waals surface area contributed by atoms with E-state index >= 15 is 0 Å². The first-order valence-corrected chi connectivity index (χ1v) is 5.74. The van der Waals surface area contributed by atoms with Crippen LogP contribution in [0.5, 0.6) is 0 Å². The molecule has 0 unspecified atom stereocenters. The fraction of sp³-hybridized carbons (Fsp3) is 1.00. The molecule has 0 atom stereocenters. The predicted molar refractivity (Wildman–Crippen MR) is 45.9 cm³/mol. The van der Waals surface area contributed by atoms with Crippen LogP contribution >= 0.6 is 0 Å². The lowest BCUT2D eigenvalue weighted by Gasteiger charge is -2.40. The zero-order valence-electron chi connectivity index (χ0n) is 7.47. The number of rotatable bonds is 3. The van der Waals surface area contributed by atoms with Gasteiger partial charge in [0.1, 0.15) is 5.25 Å². The number of ether oxygens (including phenoxy) is 2. The van der Waals surface area contributed by atoms with Crippen LogP contribution in [0.15, 0.2) is 0 Å². The number of hydrogen-bond acceptors (Lipinski definition) is 4. The summed E-state index contributed by atoms with van der Waals surface area (Å²) in [4.78, 5) is 0. The van der Waals surface area contributed by atoms with Crippen molar-refractivity contribution in [1.82, 2.24) is 4.31 Å². The van der Waals surface area contributed by atoms with Crippen molar-refractivity contribution >= 4 is 10.0 Å². The molecule has 0 saturated carbocycles. The Labute approximate surface area is 77.7 Å². The molecule has 0 aromatic rings. The van der Waals surface area contributed by atoms with Gasteiger partial charge >= 0.3 is 0 Å². The predicted octanol–water partition coefficient (Wildman–Crippen LogP) is -0.954.